The number of benzene rings is 4. The van der Waals surface area contributed by atoms with Crippen molar-refractivity contribution in [2.24, 2.45) is 5.41 Å². The molecule has 0 heterocycles. The topological polar surface area (TPSA) is 98.7 Å². The number of carbonyl (C=O) groups excluding carboxylic acids is 2. The lowest BCUT2D eigenvalue weighted by molar-refractivity contribution is -0.144. The molecule has 6 heteroatoms. The minimum absolute atomic E-state index is 0.535. The van der Waals surface area contributed by atoms with E-state index in [0.29, 0.717) is 0 Å². The zero-order valence-electron chi connectivity index (χ0n) is 23.4. The molecule has 2 amide bonds. The Kier molecular flexibility index (Phi) is 7.57. The van der Waals surface area contributed by atoms with Crippen molar-refractivity contribution in [1.82, 2.24) is 10.6 Å². The largest absolute Gasteiger partial charge is 0.388 e. The number of aliphatic hydroxyl groups is 2. The first-order valence-corrected chi connectivity index (χ1v) is 13.2. The van der Waals surface area contributed by atoms with Crippen LogP contribution in [0.5, 0.6) is 0 Å². The van der Waals surface area contributed by atoms with Gasteiger partial charge in [0, 0.05) is 0 Å². The van der Waals surface area contributed by atoms with Crippen LogP contribution in [-0.2, 0) is 9.59 Å². The molecule has 0 bridgehead atoms. The molecule has 39 heavy (non-hydrogen) atoms. The van der Waals surface area contributed by atoms with Crippen LogP contribution in [0.15, 0.2) is 84.9 Å². The van der Waals surface area contributed by atoms with Crippen molar-refractivity contribution in [1.29, 1.82) is 0 Å². The second kappa shape index (κ2) is 10.4. The molecule has 0 aromatic heterocycles. The summed E-state index contributed by atoms with van der Waals surface area (Å²) in [7, 11) is 0. The quantitative estimate of drug-likeness (QED) is 0.225. The number of amides is 2. The van der Waals surface area contributed by atoms with Gasteiger partial charge in [0.2, 0.25) is 11.8 Å². The maximum Gasteiger partial charge on any atom is 0.235 e. The molecule has 0 aliphatic carbocycles. The van der Waals surface area contributed by atoms with E-state index in [0.717, 1.165) is 32.7 Å². The van der Waals surface area contributed by atoms with Crippen LogP contribution in [-0.4, -0.2) is 33.2 Å². The third-order valence-corrected chi connectivity index (χ3v) is 7.37. The Morgan fingerprint density at radius 1 is 0.564 bits per heavy atom. The first-order valence-electron chi connectivity index (χ1n) is 13.2. The van der Waals surface area contributed by atoms with E-state index in [-0.39, 0.29) is 0 Å². The molecule has 0 saturated carbocycles. The van der Waals surface area contributed by atoms with Gasteiger partial charge in [-0.05, 0) is 74.2 Å². The predicted molar refractivity (Wildman–Crippen MR) is 156 cm³/mol. The first-order chi connectivity index (χ1) is 18.2. The summed E-state index contributed by atoms with van der Waals surface area (Å²) < 4.78 is 0. The molecule has 204 valence electrons. The van der Waals surface area contributed by atoms with Crippen LogP contribution in [0.2, 0.25) is 0 Å². The molecule has 6 nitrogen and oxygen atoms in total. The standard InChI is InChI=1S/C33H38N2O4/c1-31(2,29(36)34-27(32(3,4)38)25-19-11-15-21-13-7-9-17-23(21)25)30(37)35-28(33(5,6)39)26-20-12-16-22-14-8-10-18-24(22)26/h7-20,27-28,38-39H,1-6H3,(H,34,36)(H,35,37). The van der Waals surface area contributed by atoms with Crippen LogP contribution in [0.4, 0.5) is 0 Å². The van der Waals surface area contributed by atoms with E-state index in [1.165, 1.54) is 0 Å². The van der Waals surface area contributed by atoms with Gasteiger partial charge in [-0.25, -0.2) is 0 Å². The third-order valence-electron chi connectivity index (χ3n) is 7.37. The summed E-state index contributed by atoms with van der Waals surface area (Å²) in [5.74, 6) is -1.07. The number of rotatable bonds is 8. The highest BCUT2D eigenvalue weighted by Crippen LogP contribution is 2.35. The lowest BCUT2D eigenvalue weighted by Gasteiger charge is -2.36. The highest BCUT2D eigenvalue weighted by atomic mass is 16.3. The molecule has 2 atom stereocenters. The summed E-state index contributed by atoms with van der Waals surface area (Å²) in [5, 5.41) is 31.9. The average Bonchev–Trinajstić information content (AvgIpc) is 2.88. The Morgan fingerprint density at radius 3 is 1.26 bits per heavy atom. The molecule has 0 aliphatic heterocycles. The Labute approximate surface area is 230 Å². The zero-order chi connectivity index (χ0) is 28.6. The van der Waals surface area contributed by atoms with Crippen LogP contribution in [0.25, 0.3) is 21.5 Å². The number of fused-ring (bicyclic) bond motifs is 2. The van der Waals surface area contributed by atoms with Crippen molar-refractivity contribution < 1.29 is 19.8 Å². The van der Waals surface area contributed by atoms with Gasteiger partial charge in [-0.1, -0.05) is 84.9 Å². The van der Waals surface area contributed by atoms with Crippen LogP contribution >= 0.6 is 0 Å². The minimum Gasteiger partial charge on any atom is -0.388 e. The number of carbonyl (C=O) groups is 2. The molecule has 0 saturated heterocycles. The SMILES string of the molecule is CC(C)(C(=O)NC(c1cccc2ccccc12)C(C)(C)O)C(=O)NC(c1cccc2ccccc12)C(C)(C)O. The van der Waals surface area contributed by atoms with Crippen molar-refractivity contribution >= 4 is 33.4 Å². The summed E-state index contributed by atoms with van der Waals surface area (Å²) >= 11 is 0. The summed E-state index contributed by atoms with van der Waals surface area (Å²) in [6, 6.07) is 25.5. The molecule has 4 rings (SSSR count). The van der Waals surface area contributed by atoms with Crippen LogP contribution in [0.1, 0.15) is 64.8 Å². The lowest BCUT2D eigenvalue weighted by Crippen LogP contribution is -2.54. The maximum absolute atomic E-state index is 13.7. The highest BCUT2D eigenvalue weighted by Gasteiger charge is 2.42. The zero-order valence-corrected chi connectivity index (χ0v) is 23.4. The number of hydrogen-bond donors (Lipinski definition) is 4. The Bertz CT molecular complexity index is 1390. The van der Waals surface area contributed by atoms with Gasteiger partial charge in [0.25, 0.3) is 0 Å². The predicted octanol–water partition coefficient (Wildman–Crippen LogP) is 5.58. The lowest BCUT2D eigenvalue weighted by atomic mass is 9.84. The van der Waals surface area contributed by atoms with E-state index < -0.39 is 40.5 Å². The summed E-state index contributed by atoms with van der Waals surface area (Å²) in [5.41, 5.74) is -2.62. The molecule has 0 spiro atoms. The van der Waals surface area contributed by atoms with Gasteiger partial charge >= 0.3 is 0 Å². The molecule has 0 aliphatic rings. The highest BCUT2D eigenvalue weighted by molar-refractivity contribution is 6.05. The van der Waals surface area contributed by atoms with E-state index in [1.54, 1.807) is 41.5 Å². The number of nitrogens with one attached hydrogen (secondary N) is 2. The van der Waals surface area contributed by atoms with E-state index in [9.17, 15) is 19.8 Å². The second-order valence-corrected chi connectivity index (χ2v) is 11.9. The molecule has 0 radical (unpaired) electrons. The van der Waals surface area contributed by atoms with Gasteiger partial charge in [0.05, 0.1) is 23.3 Å². The van der Waals surface area contributed by atoms with E-state index in [4.69, 9.17) is 0 Å². The van der Waals surface area contributed by atoms with Crippen molar-refractivity contribution in [3.63, 3.8) is 0 Å². The molecule has 4 aromatic carbocycles. The monoisotopic (exact) mass is 526 g/mol. The second-order valence-electron chi connectivity index (χ2n) is 11.9. The molecular formula is C33H38N2O4. The maximum atomic E-state index is 13.7. The Hall–Kier alpha value is -3.74. The molecule has 2 unspecified atom stereocenters. The van der Waals surface area contributed by atoms with Gasteiger partial charge in [-0.2, -0.15) is 0 Å². The third kappa shape index (κ3) is 5.82. The van der Waals surface area contributed by atoms with Crippen molar-refractivity contribution in [2.75, 3.05) is 0 Å². The summed E-state index contributed by atoms with van der Waals surface area (Å²) in [6.45, 7) is 9.64. The fourth-order valence-corrected chi connectivity index (χ4v) is 5.00. The van der Waals surface area contributed by atoms with Crippen LogP contribution < -0.4 is 10.6 Å². The molecule has 4 aromatic rings. The smallest absolute Gasteiger partial charge is 0.235 e. The van der Waals surface area contributed by atoms with Crippen LogP contribution in [0, 0.1) is 5.41 Å². The molecule has 0 fully saturated rings. The van der Waals surface area contributed by atoms with Crippen molar-refractivity contribution in [3.05, 3.63) is 96.1 Å². The van der Waals surface area contributed by atoms with Gasteiger partial charge in [-0.3, -0.25) is 9.59 Å². The normalized spacial score (nSPS) is 14.2. The molecular weight excluding hydrogens is 488 g/mol. The van der Waals surface area contributed by atoms with Gasteiger partial charge in [-0.15, -0.1) is 0 Å². The number of hydrogen-bond acceptors (Lipinski definition) is 4. The van der Waals surface area contributed by atoms with Gasteiger partial charge in [0.1, 0.15) is 5.41 Å². The average molecular weight is 527 g/mol. The van der Waals surface area contributed by atoms with Gasteiger partial charge in [0.15, 0.2) is 0 Å². The van der Waals surface area contributed by atoms with Crippen molar-refractivity contribution in [2.45, 2.75) is 64.8 Å². The Balaban J connectivity index is 1.65. The van der Waals surface area contributed by atoms with Crippen LogP contribution in [0.3, 0.4) is 0 Å². The minimum atomic E-state index is -1.51. The van der Waals surface area contributed by atoms with E-state index in [1.807, 2.05) is 84.9 Å². The van der Waals surface area contributed by atoms with E-state index in [2.05, 4.69) is 10.6 Å². The molecule has 4 N–H and O–H groups in total. The van der Waals surface area contributed by atoms with E-state index >= 15 is 0 Å². The van der Waals surface area contributed by atoms with Crippen molar-refractivity contribution in [3.8, 4) is 0 Å². The first kappa shape index (κ1) is 28.3. The van der Waals surface area contributed by atoms with Gasteiger partial charge < -0.3 is 20.8 Å². The fraction of sp³-hybridized carbons (Fsp3) is 0.333. The Morgan fingerprint density at radius 2 is 0.897 bits per heavy atom. The summed E-state index contributed by atoms with van der Waals surface area (Å²) in [4.78, 5) is 27.4. The summed E-state index contributed by atoms with van der Waals surface area (Å²) in [6.07, 6.45) is 0. The fourth-order valence-electron chi connectivity index (χ4n) is 5.00.